The van der Waals surface area contributed by atoms with Crippen molar-refractivity contribution in [3.05, 3.63) is 63.7 Å². The Morgan fingerprint density at radius 3 is 2.37 bits per heavy atom. The van der Waals surface area contributed by atoms with E-state index in [1.54, 1.807) is 13.8 Å². The van der Waals surface area contributed by atoms with Crippen LogP contribution in [0.4, 0.5) is 0 Å². The van der Waals surface area contributed by atoms with Crippen LogP contribution in [0.2, 0.25) is 5.02 Å². The van der Waals surface area contributed by atoms with Gasteiger partial charge in [0.05, 0.1) is 10.6 Å². The quantitative estimate of drug-likeness (QED) is 0.638. The average molecular weight is 410 g/mol. The fourth-order valence-electron chi connectivity index (χ4n) is 2.71. The number of hydrogen-bond acceptors (Lipinski definition) is 4. The zero-order valence-electron chi connectivity index (χ0n) is 16.0. The number of sulfonamides is 1. The van der Waals surface area contributed by atoms with Crippen molar-refractivity contribution >= 4 is 27.6 Å². The van der Waals surface area contributed by atoms with Gasteiger partial charge in [-0.05, 0) is 43.2 Å². The average Bonchev–Trinajstić information content (AvgIpc) is 2.63. The maximum Gasteiger partial charge on any atom is 0.338 e. The molecule has 0 amide bonds. The molecule has 0 radical (unpaired) electrons. The monoisotopic (exact) mass is 409 g/mol. The molecule has 0 bridgehead atoms. The molecule has 0 heterocycles. The lowest BCUT2D eigenvalue weighted by Crippen LogP contribution is -2.31. The topological polar surface area (TPSA) is 63.7 Å². The Kier molecular flexibility index (Phi) is 7.03. The van der Waals surface area contributed by atoms with Crippen LogP contribution in [-0.4, -0.2) is 31.8 Å². The third kappa shape index (κ3) is 4.89. The van der Waals surface area contributed by atoms with Gasteiger partial charge in [0.1, 0.15) is 11.5 Å². The summed E-state index contributed by atoms with van der Waals surface area (Å²) in [6.07, 6.45) is 0. The zero-order valence-corrected chi connectivity index (χ0v) is 17.5. The molecule has 2 aromatic carbocycles. The summed E-state index contributed by atoms with van der Waals surface area (Å²) in [6, 6.07) is 10.1. The first-order valence-corrected chi connectivity index (χ1v) is 10.6. The van der Waals surface area contributed by atoms with Gasteiger partial charge in [-0.15, -0.1) is 0 Å². The van der Waals surface area contributed by atoms with Gasteiger partial charge >= 0.3 is 5.97 Å². The molecule has 0 aliphatic carbocycles. The van der Waals surface area contributed by atoms with E-state index in [4.69, 9.17) is 16.3 Å². The number of ether oxygens (including phenoxy) is 1. The summed E-state index contributed by atoms with van der Waals surface area (Å²) in [7, 11) is -3.77. The third-order valence-electron chi connectivity index (χ3n) is 4.35. The fourth-order valence-corrected chi connectivity index (χ4v) is 4.67. The first-order valence-electron chi connectivity index (χ1n) is 8.73. The van der Waals surface area contributed by atoms with Gasteiger partial charge in [-0.1, -0.05) is 49.2 Å². The van der Waals surface area contributed by atoms with Crippen molar-refractivity contribution in [2.45, 2.75) is 39.2 Å². The molecule has 0 saturated carbocycles. The smallest absolute Gasteiger partial charge is 0.338 e. The van der Waals surface area contributed by atoms with Crippen LogP contribution < -0.4 is 0 Å². The Morgan fingerprint density at radius 2 is 1.74 bits per heavy atom. The molecule has 2 rings (SSSR count). The first kappa shape index (κ1) is 21.4. The molecule has 0 saturated heterocycles. The van der Waals surface area contributed by atoms with Crippen LogP contribution in [0, 0.1) is 13.8 Å². The second-order valence-electron chi connectivity index (χ2n) is 6.24. The highest BCUT2D eigenvalue weighted by atomic mass is 35.5. The number of rotatable bonds is 7. The predicted molar refractivity (Wildman–Crippen MR) is 107 cm³/mol. The van der Waals surface area contributed by atoms with Gasteiger partial charge in [-0.2, -0.15) is 4.31 Å². The van der Waals surface area contributed by atoms with E-state index in [1.165, 1.54) is 22.5 Å². The highest BCUT2D eigenvalue weighted by Crippen LogP contribution is 2.26. The van der Waals surface area contributed by atoms with Gasteiger partial charge in [0.15, 0.2) is 0 Å². The van der Waals surface area contributed by atoms with Crippen LogP contribution in [0.5, 0.6) is 0 Å². The van der Waals surface area contributed by atoms with Gasteiger partial charge in [0.25, 0.3) is 0 Å². The molecule has 146 valence electrons. The molecule has 0 aliphatic rings. The molecular formula is C20H24ClNO4S. The molecule has 27 heavy (non-hydrogen) atoms. The molecule has 2 aromatic rings. The van der Waals surface area contributed by atoms with Crippen LogP contribution in [0.15, 0.2) is 41.3 Å². The van der Waals surface area contributed by atoms with E-state index in [0.717, 1.165) is 16.7 Å². The summed E-state index contributed by atoms with van der Waals surface area (Å²) in [5, 5.41) is 0.0768. The Bertz CT molecular complexity index is 937. The molecule has 0 atom stereocenters. The minimum atomic E-state index is -3.77. The lowest BCUT2D eigenvalue weighted by atomic mass is 10.1. The molecule has 0 fully saturated rings. The highest BCUT2D eigenvalue weighted by molar-refractivity contribution is 7.89. The van der Waals surface area contributed by atoms with Gasteiger partial charge in [-0.25, -0.2) is 13.2 Å². The normalized spacial score (nSPS) is 11.6. The number of nitrogens with zero attached hydrogens (tertiary/aromatic N) is 1. The van der Waals surface area contributed by atoms with E-state index in [9.17, 15) is 13.2 Å². The molecule has 0 N–H and O–H groups in total. The molecular weight excluding hydrogens is 386 g/mol. The van der Waals surface area contributed by atoms with E-state index in [-0.39, 0.29) is 22.1 Å². The van der Waals surface area contributed by atoms with E-state index in [1.807, 2.05) is 32.0 Å². The number of aryl methyl sites for hydroxylation is 2. The molecule has 7 heteroatoms. The van der Waals surface area contributed by atoms with Crippen LogP contribution in [0.25, 0.3) is 0 Å². The Labute approximate surface area is 166 Å². The van der Waals surface area contributed by atoms with Crippen molar-refractivity contribution in [3.8, 4) is 0 Å². The number of esters is 1. The van der Waals surface area contributed by atoms with Crippen molar-refractivity contribution in [1.29, 1.82) is 0 Å². The zero-order chi connectivity index (χ0) is 20.2. The van der Waals surface area contributed by atoms with E-state index < -0.39 is 16.0 Å². The van der Waals surface area contributed by atoms with Crippen molar-refractivity contribution in [2.75, 3.05) is 13.1 Å². The first-order chi connectivity index (χ1) is 12.7. The summed E-state index contributed by atoms with van der Waals surface area (Å²) in [5.74, 6) is -0.594. The van der Waals surface area contributed by atoms with Crippen LogP contribution in [0.3, 0.4) is 0 Å². The van der Waals surface area contributed by atoms with E-state index in [2.05, 4.69) is 0 Å². The maximum absolute atomic E-state index is 12.7. The second-order valence-corrected chi connectivity index (χ2v) is 8.55. The van der Waals surface area contributed by atoms with Gasteiger partial charge in [0.2, 0.25) is 10.0 Å². The summed E-state index contributed by atoms with van der Waals surface area (Å²) in [5.41, 5.74) is 3.16. The molecule has 5 nitrogen and oxygen atoms in total. The minimum Gasteiger partial charge on any atom is -0.457 e. The highest BCUT2D eigenvalue weighted by Gasteiger charge is 2.25. The largest absolute Gasteiger partial charge is 0.457 e. The molecule has 0 aromatic heterocycles. The maximum atomic E-state index is 12.7. The van der Waals surface area contributed by atoms with Crippen molar-refractivity contribution in [2.24, 2.45) is 0 Å². The number of carbonyl (C=O) groups is 1. The fraction of sp³-hybridized carbons (Fsp3) is 0.350. The number of carbonyl (C=O) groups excluding carboxylic acids is 1. The van der Waals surface area contributed by atoms with Crippen molar-refractivity contribution in [3.63, 3.8) is 0 Å². The summed E-state index contributed by atoms with van der Waals surface area (Å²) >= 11 is 6.10. The van der Waals surface area contributed by atoms with Crippen molar-refractivity contribution < 1.29 is 17.9 Å². The summed E-state index contributed by atoms with van der Waals surface area (Å²) in [6.45, 7) is 8.16. The van der Waals surface area contributed by atoms with Crippen LogP contribution >= 0.6 is 11.6 Å². The minimum absolute atomic E-state index is 0.0768. The van der Waals surface area contributed by atoms with Crippen molar-refractivity contribution in [1.82, 2.24) is 4.31 Å². The molecule has 0 unspecified atom stereocenters. The predicted octanol–water partition coefficient (Wildman–Crippen LogP) is 4.34. The van der Waals surface area contributed by atoms with Crippen LogP contribution in [0.1, 0.15) is 40.9 Å². The SMILES string of the molecule is CCN(CC)S(=O)(=O)c1cc(C(=O)OCc2cc(C)ccc2C)ccc1Cl. The Morgan fingerprint density at radius 1 is 1.07 bits per heavy atom. The second kappa shape index (κ2) is 8.87. The third-order valence-corrected chi connectivity index (χ3v) is 6.88. The Balaban J connectivity index is 2.26. The summed E-state index contributed by atoms with van der Waals surface area (Å²) in [4.78, 5) is 12.4. The van der Waals surface area contributed by atoms with Crippen LogP contribution in [-0.2, 0) is 21.4 Å². The lowest BCUT2D eigenvalue weighted by molar-refractivity contribution is 0.0471. The number of halogens is 1. The Hall–Kier alpha value is -1.89. The summed E-state index contributed by atoms with van der Waals surface area (Å²) < 4.78 is 32.2. The van der Waals surface area contributed by atoms with E-state index >= 15 is 0 Å². The molecule has 0 aliphatic heterocycles. The molecule has 0 spiro atoms. The lowest BCUT2D eigenvalue weighted by Gasteiger charge is -2.19. The van der Waals surface area contributed by atoms with Gasteiger partial charge in [0, 0.05) is 13.1 Å². The van der Waals surface area contributed by atoms with Gasteiger partial charge < -0.3 is 4.74 Å². The number of hydrogen-bond donors (Lipinski definition) is 0. The van der Waals surface area contributed by atoms with Gasteiger partial charge in [-0.3, -0.25) is 0 Å². The van der Waals surface area contributed by atoms with E-state index in [0.29, 0.717) is 13.1 Å². The number of benzene rings is 2. The standard InChI is InChI=1S/C20H24ClNO4S/c1-5-22(6-2)27(24,25)19-12-16(9-10-18(19)21)20(23)26-13-17-11-14(3)7-8-15(17)4/h7-12H,5-6,13H2,1-4H3.